The Hall–Kier alpha value is -3.35. The zero-order valence-electron chi connectivity index (χ0n) is 20.6. The first-order valence-corrected chi connectivity index (χ1v) is 11.1. The molecule has 0 saturated carbocycles. The number of alkyl halides is 3. The minimum Gasteiger partial charge on any atom is -0.350 e. The molecule has 36 heavy (non-hydrogen) atoms. The van der Waals surface area contributed by atoms with E-state index >= 15 is 0 Å². The highest BCUT2D eigenvalue weighted by Crippen LogP contribution is 2.34. The Bertz CT molecular complexity index is 1260. The Kier molecular flexibility index (Phi) is 7.82. The molecule has 0 fully saturated rings. The molecule has 2 N–H and O–H groups in total. The van der Waals surface area contributed by atoms with Gasteiger partial charge in [-0.3, -0.25) is 9.48 Å². The van der Waals surface area contributed by atoms with Gasteiger partial charge in [-0.1, -0.05) is 19.9 Å². The molecule has 3 aromatic heterocycles. The average molecular weight is 523 g/mol. The lowest BCUT2D eigenvalue weighted by Crippen LogP contribution is -2.49. The van der Waals surface area contributed by atoms with Crippen LogP contribution in [0.1, 0.15) is 42.1 Å². The number of anilines is 3. The van der Waals surface area contributed by atoms with Gasteiger partial charge >= 0.3 is 6.18 Å². The molecule has 0 spiro atoms. The van der Waals surface area contributed by atoms with Crippen molar-refractivity contribution in [3.63, 3.8) is 0 Å². The Labute approximate surface area is 214 Å². The minimum atomic E-state index is -4.47. The Morgan fingerprint density at radius 2 is 1.86 bits per heavy atom. The summed E-state index contributed by atoms with van der Waals surface area (Å²) >= 11 is 0. The number of nitrogens with one attached hydrogen (secondary N) is 2. The highest BCUT2D eigenvalue weighted by atomic mass is 32.1. The van der Waals surface area contributed by atoms with Crippen molar-refractivity contribution in [1.82, 2.24) is 24.7 Å². The van der Waals surface area contributed by atoms with Crippen LogP contribution >= 0.6 is 13.5 Å². The number of halogens is 3. The van der Waals surface area contributed by atoms with E-state index in [9.17, 15) is 18.0 Å². The van der Waals surface area contributed by atoms with Crippen molar-refractivity contribution in [1.29, 1.82) is 0 Å². The number of amides is 1. The van der Waals surface area contributed by atoms with Gasteiger partial charge in [-0.25, -0.2) is 9.97 Å². The van der Waals surface area contributed by atoms with Crippen LogP contribution in [0.2, 0.25) is 0 Å². The molecule has 0 radical (unpaired) electrons. The predicted octanol–water partition coefficient (Wildman–Crippen LogP) is 3.89. The molecule has 1 atom stereocenters. The lowest BCUT2D eigenvalue weighted by Gasteiger charge is -2.36. The van der Waals surface area contributed by atoms with Crippen LogP contribution in [-0.2, 0) is 24.1 Å². The molecule has 1 aliphatic heterocycles. The summed E-state index contributed by atoms with van der Waals surface area (Å²) in [6, 6.07) is 2.08. The Balaban J connectivity index is 0.00000361. The second-order valence-electron chi connectivity index (χ2n) is 8.96. The molecule has 0 aromatic carbocycles. The first-order chi connectivity index (χ1) is 16.4. The van der Waals surface area contributed by atoms with E-state index in [1.54, 1.807) is 24.0 Å². The summed E-state index contributed by atoms with van der Waals surface area (Å²) in [7, 11) is 1.85. The summed E-state index contributed by atoms with van der Waals surface area (Å²) in [5.74, 6) is 1.10. The molecule has 3 aromatic rings. The molecular weight excluding hydrogens is 493 g/mol. The van der Waals surface area contributed by atoms with Crippen molar-refractivity contribution in [2.45, 2.75) is 53.0 Å². The zero-order chi connectivity index (χ0) is 25.5. The fourth-order valence-electron chi connectivity index (χ4n) is 4.15. The Morgan fingerprint density at radius 1 is 1.14 bits per heavy atom. The summed E-state index contributed by atoms with van der Waals surface area (Å²) in [5.41, 5.74) is 2.16. The normalized spacial score (nSPS) is 15.4. The van der Waals surface area contributed by atoms with Crippen molar-refractivity contribution >= 4 is 36.9 Å². The van der Waals surface area contributed by atoms with E-state index in [1.807, 2.05) is 32.7 Å². The van der Waals surface area contributed by atoms with Crippen molar-refractivity contribution in [3.8, 4) is 0 Å². The van der Waals surface area contributed by atoms with Crippen LogP contribution in [0, 0.1) is 19.8 Å². The number of aromatic nitrogens is 5. The van der Waals surface area contributed by atoms with E-state index in [0.717, 1.165) is 11.6 Å². The predicted molar refractivity (Wildman–Crippen MR) is 135 cm³/mol. The first kappa shape index (κ1) is 27.2. The van der Waals surface area contributed by atoms with E-state index in [0.29, 0.717) is 47.5 Å². The lowest BCUT2D eigenvalue weighted by molar-refractivity contribution is -0.141. The molecule has 9 nitrogen and oxygen atoms in total. The highest BCUT2D eigenvalue weighted by molar-refractivity contribution is 7.59. The van der Waals surface area contributed by atoms with Crippen LogP contribution in [0.25, 0.3) is 0 Å². The fraction of sp³-hybridized carbons (Fsp3) is 0.435. The van der Waals surface area contributed by atoms with Gasteiger partial charge in [0.15, 0.2) is 5.82 Å². The van der Waals surface area contributed by atoms with Gasteiger partial charge in [0.2, 0.25) is 11.9 Å². The SMILES string of the molecule is Cc1nc(C(F)(F)F)ccc1Cn1cc(CNc2nc(C)c3c(n2)N(C)[C@@H](C(C)C)C(=O)N3)cn1.S. The molecular formula is C23H29F3N8OS. The molecule has 194 valence electrons. The van der Waals surface area contributed by atoms with Crippen molar-refractivity contribution < 1.29 is 18.0 Å². The van der Waals surface area contributed by atoms with Crippen LogP contribution in [0.4, 0.5) is 30.6 Å². The van der Waals surface area contributed by atoms with Gasteiger partial charge in [0.25, 0.3) is 0 Å². The molecule has 0 bridgehead atoms. The number of pyridine rings is 1. The molecule has 0 aliphatic carbocycles. The van der Waals surface area contributed by atoms with Crippen molar-refractivity contribution in [3.05, 3.63) is 52.7 Å². The number of hydrogen-bond donors (Lipinski definition) is 2. The number of carbonyl (C=O) groups is 1. The molecule has 0 unspecified atom stereocenters. The monoisotopic (exact) mass is 522 g/mol. The van der Waals surface area contributed by atoms with E-state index in [2.05, 4.69) is 30.7 Å². The van der Waals surface area contributed by atoms with Crippen molar-refractivity contribution in [2.24, 2.45) is 5.92 Å². The van der Waals surface area contributed by atoms with E-state index in [1.165, 1.54) is 6.07 Å². The molecule has 4 rings (SSSR count). The summed E-state index contributed by atoms with van der Waals surface area (Å²) in [5, 5.41) is 10.4. The number of carbonyl (C=O) groups excluding carboxylic acids is 1. The number of rotatable bonds is 6. The van der Waals surface area contributed by atoms with Crippen LogP contribution in [-0.4, -0.2) is 43.7 Å². The third-order valence-corrected chi connectivity index (χ3v) is 5.93. The summed E-state index contributed by atoms with van der Waals surface area (Å²) in [6.45, 7) is 8.03. The molecule has 4 heterocycles. The number of nitrogens with zero attached hydrogens (tertiary/aromatic N) is 6. The number of hydrogen-bond acceptors (Lipinski definition) is 7. The largest absolute Gasteiger partial charge is 0.433 e. The van der Waals surface area contributed by atoms with Crippen LogP contribution in [0.3, 0.4) is 0 Å². The van der Waals surface area contributed by atoms with E-state index < -0.39 is 11.9 Å². The maximum Gasteiger partial charge on any atom is 0.433 e. The Morgan fingerprint density at radius 3 is 2.50 bits per heavy atom. The second-order valence-corrected chi connectivity index (χ2v) is 8.96. The van der Waals surface area contributed by atoms with Gasteiger partial charge in [0, 0.05) is 31.0 Å². The van der Waals surface area contributed by atoms with Gasteiger partial charge in [0.05, 0.1) is 18.4 Å². The van der Waals surface area contributed by atoms with Gasteiger partial charge < -0.3 is 15.5 Å². The average Bonchev–Trinajstić information content (AvgIpc) is 3.21. The molecule has 1 aliphatic rings. The summed E-state index contributed by atoms with van der Waals surface area (Å²) in [4.78, 5) is 27.1. The first-order valence-electron chi connectivity index (χ1n) is 11.1. The second kappa shape index (κ2) is 10.3. The number of likely N-dealkylation sites (N-methyl/N-ethyl adjacent to an activating group) is 1. The standard InChI is InChI=1S/C23H27F3N8O.H2S/c1-12(2)19-21(35)31-18-14(4)30-22(32-20(18)33(19)5)27-8-15-9-28-34(10-15)11-16-6-7-17(23(24,25)26)29-13(16)3;/h6-7,9-10,12,19H,8,11H2,1-5H3,(H,31,35)(H,27,30,32);1H2/t19-;/m0./s1. The summed E-state index contributed by atoms with van der Waals surface area (Å²) in [6.07, 6.45) is -0.996. The number of fused-ring (bicyclic) bond motifs is 1. The smallest absolute Gasteiger partial charge is 0.350 e. The van der Waals surface area contributed by atoms with Crippen LogP contribution in [0.15, 0.2) is 24.5 Å². The number of aryl methyl sites for hydroxylation is 2. The van der Waals surface area contributed by atoms with Crippen LogP contribution < -0.4 is 15.5 Å². The van der Waals surface area contributed by atoms with Gasteiger partial charge in [0.1, 0.15) is 17.4 Å². The van der Waals surface area contributed by atoms with Gasteiger partial charge in [-0.15, -0.1) is 0 Å². The van der Waals surface area contributed by atoms with Gasteiger partial charge in [-0.2, -0.15) is 36.7 Å². The highest BCUT2D eigenvalue weighted by Gasteiger charge is 2.35. The molecule has 0 saturated heterocycles. The maximum absolute atomic E-state index is 12.8. The third kappa shape index (κ3) is 5.55. The molecule has 1 amide bonds. The van der Waals surface area contributed by atoms with Crippen molar-refractivity contribution in [2.75, 3.05) is 22.6 Å². The maximum atomic E-state index is 12.8. The molecule has 13 heteroatoms. The zero-order valence-corrected chi connectivity index (χ0v) is 21.6. The quantitative estimate of drug-likeness (QED) is 0.507. The van der Waals surface area contributed by atoms with E-state index in [-0.39, 0.29) is 31.4 Å². The minimum absolute atomic E-state index is 0. The van der Waals surface area contributed by atoms with E-state index in [4.69, 9.17) is 0 Å². The van der Waals surface area contributed by atoms with Crippen LogP contribution in [0.5, 0.6) is 0 Å². The third-order valence-electron chi connectivity index (χ3n) is 5.93. The topological polar surface area (TPSA) is 101 Å². The fourth-order valence-corrected chi connectivity index (χ4v) is 4.15. The van der Waals surface area contributed by atoms with Gasteiger partial charge in [-0.05, 0) is 31.4 Å². The lowest BCUT2D eigenvalue weighted by atomic mass is 9.99. The summed E-state index contributed by atoms with van der Waals surface area (Å²) < 4.78 is 40.2.